The molecule has 1 aliphatic carbocycles. The fourth-order valence-corrected chi connectivity index (χ4v) is 3.20. The average molecular weight is 287 g/mol. The van der Waals surface area contributed by atoms with Crippen LogP contribution in [0, 0.1) is 5.92 Å². The lowest BCUT2D eigenvalue weighted by atomic mass is 9.76. The number of aliphatic hydroxyl groups is 1. The predicted molar refractivity (Wildman–Crippen MR) is 93.5 cm³/mol. The maximum atomic E-state index is 9.68. The standard InChI is InChI=1S/C17H23NO.C2H6/c1-4-15-16(6-5-7-17(15)18-3)14-10-8-13(9-11-14)12(2)19;1-2/h4-7,12-14,19H,1,3,8-11H2,2H3;1-2H3. The van der Waals surface area contributed by atoms with Gasteiger partial charge in [-0.15, -0.1) is 0 Å². The zero-order valence-corrected chi connectivity index (χ0v) is 13.7. The summed E-state index contributed by atoms with van der Waals surface area (Å²) in [5.41, 5.74) is 3.38. The molecule has 1 aromatic rings. The van der Waals surface area contributed by atoms with E-state index >= 15 is 0 Å². The molecule has 1 fully saturated rings. The molecular weight excluding hydrogens is 258 g/mol. The Morgan fingerprint density at radius 1 is 1.24 bits per heavy atom. The second-order valence-corrected chi connectivity index (χ2v) is 5.49. The van der Waals surface area contributed by atoms with E-state index in [-0.39, 0.29) is 6.10 Å². The van der Waals surface area contributed by atoms with Gasteiger partial charge < -0.3 is 5.11 Å². The molecule has 1 aromatic carbocycles. The van der Waals surface area contributed by atoms with E-state index in [1.165, 1.54) is 5.56 Å². The van der Waals surface area contributed by atoms with E-state index in [0.29, 0.717) is 11.8 Å². The molecule has 2 rings (SSSR count). The largest absolute Gasteiger partial charge is 0.393 e. The number of benzene rings is 1. The van der Waals surface area contributed by atoms with Crippen LogP contribution in [0.1, 0.15) is 63.5 Å². The molecule has 0 amide bonds. The lowest BCUT2D eigenvalue weighted by molar-refractivity contribution is 0.0967. The van der Waals surface area contributed by atoms with Gasteiger partial charge in [0, 0.05) is 5.56 Å². The summed E-state index contributed by atoms with van der Waals surface area (Å²) in [4.78, 5) is 4.08. The second-order valence-electron chi connectivity index (χ2n) is 5.49. The van der Waals surface area contributed by atoms with Crippen LogP contribution in [0.2, 0.25) is 0 Å². The van der Waals surface area contributed by atoms with Gasteiger partial charge in [-0.2, -0.15) is 0 Å². The van der Waals surface area contributed by atoms with Crippen LogP contribution in [-0.2, 0) is 0 Å². The predicted octanol–water partition coefficient (Wildman–Crippen LogP) is 5.34. The lowest BCUT2D eigenvalue weighted by Gasteiger charge is -2.31. The van der Waals surface area contributed by atoms with Crippen LogP contribution in [0.15, 0.2) is 29.8 Å². The molecule has 1 saturated carbocycles. The highest BCUT2D eigenvalue weighted by Gasteiger charge is 2.26. The SMILES string of the molecule is C=Cc1c(N=C)cccc1C1CCC(C(C)O)CC1.CC. The average Bonchev–Trinajstić information content (AvgIpc) is 2.55. The first-order valence-corrected chi connectivity index (χ1v) is 8.07. The van der Waals surface area contributed by atoms with Crippen LogP contribution < -0.4 is 0 Å². The van der Waals surface area contributed by atoms with Crippen molar-refractivity contribution >= 4 is 18.5 Å². The van der Waals surface area contributed by atoms with Crippen molar-refractivity contribution in [3.05, 3.63) is 35.9 Å². The van der Waals surface area contributed by atoms with Crippen LogP contribution in [0.3, 0.4) is 0 Å². The van der Waals surface area contributed by atoms with Crippen molar-refractivity contribution in [2.75, 3.05) is 0 Å². The van der Waals surface area contributed by atoms with Crippen LogP contribution in [-0.4, -0.2) is 17.9 Å². The van der Waals surface area contributed by atoms with Gasteiger partial charge in [0.25, 0.3) is 0 Å². The zero-order valence-electron chi connectivity index (χ0n) is 13.7. The molecule has 1 N–H and O–H groups in total. The van der Waals surface area contributed by atoms with Gasteiger partial charge in [-0.1, -0.05) is 38.6 Å². The fourth-order valence-electron chi connectivity index (χ4n) is 3.20. The number of aliphatic imine (C=N–C) groups is 1. The van der Waals surface area contributed by atoms with Crippen molar-refractivity contribution in [2.45, 2.75) is 58.5 Å². The van der Waals surface area contributed by atoms with E-state index in [1.54, 1.807) is 0 Å². The van der Waals surface area contributed by atoms with Gasteiger partial charge in [0.15, 0.2) is 0 Å². The van der Waals surface area contributed by atoms with Gasteiger partial charge in [-0.3, -0.25) is 4.99 Å². The quantitative estimate of drug-likeness (QED) is 0.745. The summed E-state index contributed by atoms with van der Waals surface area (Å²) in [6.45, 7) is 13.4. The van der Waals surface area contributed by atoms with Crippen LogP contribution >= 0.6 is 0 Å². The molecule has 116 valence electrons. The Morgan fingerprint density at radius 3 is 2.33 bits per heavy atom. The second kappa shape index (κ2) is 8.78. The third-order valence-electron chi connectivity index (χ3n) is 4.39. The topological polar surface area (TPSA) is 32.6 Å². The third kappa shape index (κ3) is 4.28. The molecule has 0 aliphatic heterocycles. The van der Waals surface area contributed by atoms with Gasteiger partial charge in [0.05, 0.1) is 11.8 Å². The molecule has 0 radical (unpaired) electrons. The number of hydrogen-bond donors (Lipinski definition) is 1. The van der Waals surface area contributed by atoms with E-state index in [4.69, 9.17) is 0 Å². The maximum absolute atomic E-state index is 9.68. The van der Waals surface area contributed by atoms with Crippen LogP contribution in [0.25, 0.3) is 6.08 Å². The molecule has 1 atom stereocenters. The molecule has 1 aliphatic rings. The normalized spacial score (nSPS) is 22.7. The van der Waals surface area contributed by atoms with Gasteiger partial charge >= 0.3 is 0 Å². The number of hydrogen-bond acceptors (Lipinski definition) is 2. The molecule has 1 unspecified atom stereocenters. The minimum atomic E-state index is -0.180. The first-order valence-electron chi connectivity index (χ1n) is 8.07. The summed E-state index contributed by atoms with van der Waals surface area (Å²) in [5.74, 6) is 1.02. The maximum Gasteiger partial charge on any atom is 0.0697 e. The third-order valence-corrected chi connectivity index (χ3v) is 4.39. The Morgan fingerprint density at radius 2 is 1.86 bits per heavy atom. The van der Waals surface area contributed by atoms with Gasteiger partial charge in [-0.05, 0) is 62.8 Å². The van der Waals surface area contributed by atoms with Gasteiger partial charge in [0.2, 0.25) is 0 Å². The number of aliphatic hydroxyl groups excluding tert-OH is 1. The first-order chi connectivity index (χ1) is 10.2. The highest BCUT2D eigenvalue weighted by molar-refractivity contribution is 5.68. The summed E-state index contributed by atoms with van der Waals surface area (Å²) < 4.78 is 0. The van der Waals surface area contributed by atoms with Crippen molar-refractivity contribution in [3.8, 4) is 0 Å². The summed E-state index contributed by atoms with van der Waals surface area (Å²) in [6, 6.07) is 6.21. The van der Waals surface area contributed by atoms with Gasteiger partial charge in [-0.25, -0.2) is 0 Å². The van der Waals surface area contributed by atoms with Crippen molar-refractivity contribution in [2.24, 2.45) is 10.9 Å². The Bertz CT molecular complexity index is 457. The van der Waals surface area contributed by atoms with Crippen molar-refractivity contribution < 1.29 is 5.11 Å². The Hall–Kier alpha value is -1.41. The van der Waals surface area contributed by atoms with Crippen LogP contribution in [0.4, 0.5) is 5.69 Å². The molecular formula is C19H29NO. The number of nitrogens with zero attached hydrogens (tertiary/aromatic N) is 1. The minimum Gasteiger partial charge on any atom is -0.393 e. The highest BCUT2D eigenvalue weighted by atomic mass is 16.3. The molecule has 2 heteroatoms. The highest BCUT2D eigenvalue weighted by Crippen LogP contribution is 2.40. The van der Waals surface area contributed by atoms with Crippen molar-refractivity contribution in [1.82, 2.24) is 0 Å². The van der Waals surface area contributed by atoms with E-state index in [9.17, 15) is 5.11 Å². The smallest absolute Gasteiger partial charge is 0.0697 e. The van der Waals surface area contributed by atoms with E-state index in [1.807, 2.05) is 39.0 Å². The van der Waals surface area contributed by atoms with E-state index in [0.717, 1.165) is 36.9 Å². The summed E-state index contributed by atoms with van der Waals surface area (Å²) in [6.07, 6.45) is 6.18. The Kier molecular flexibility index (Phi) is 7.38. The molecule has 2 nitrogen and oxygen atoms in total. The summed E-state index contributed by atoms with van der Waals surface area (Å²) >= 11 is 0. The van der Waals surface area contributed by atoms with Crippen molar-refractivity contribution in [1.29, 1.82) is 0 Å². The molecule has 0 aromatic heterocycles. The summed E-state index contributed by atoms with van der Waals surface area (Å²) in [7, 11) is 0. The molecule has 21 heavy (non-hydrogen) atoms. The summed E-state index contributed by atoms with van der Waals surface area (Å²) in [5, 5.41) is 9.68. The molecule has 0 heterocycles. The Balaban J connectivity index is 0.00000106. The van der Waals surface area contributed by atoms with Gasteiger partial charge in [0.1, 0.15) is 0 Å². The minimum absolute atomic E-state index is 0.180. The monoisotopic (exact) mass is 287 g/mol. The molecule has 0 bridgehead atoms. The zero-order chi connectivity index (χ0) is 15.8. The van der Waals surface area contributed by atoms with Crippen LogP contribution in [0.5, 0.6) is 0 Å². The fraction of sp³-hybridized carbons (Fsp3) is 0.526. The number of rotatable bonds is 4. The molecule has 0 saturated heterocycles. The van der Waals surface area contributed by atoms with E-state index < -0.39 is 0 Å². The van der Waals surface area contributed by atoms with E-state index in [2.05, 4.69) is 24.4 Å². The molecule has 0 spiro atoms. The van der Waals surface area contributed by atoms with Crippen molar-refractivity contribution in [3.63, 3.8) is 0 Å². The lowest BCUT2D eigenvalue weighted by Crippen LogP contribution is -2.22. The Labute approximate surface area is 129 Å². The first kappa shape index (κ1) is 17.6.